The van der Waals surface area contributed by atoms with Gasteiger partial charge in [-0.25, -0.2) is 4.79 Å². The van der Waals surface area contributed by atoms with E-state index in [1.165, 1.54) is 12.3 Å². The monoisotopic (exact) mass is 205 g/mol. The number of aromatic amines is 1. The van der Waals surface area contributed by atoms with Crippen molar-refractivity contribution in [1.29, 1.82) is 0 Å². The highest BCUT2D eigenvalue weighted by atomic mass is 16.4. The van der Waals surface area contributed by atoms with Crippen LogP contribution in [-0.4, -0.2) is 16.1 Å². The van der Waals surface area contributed by atoms with Crippen molar-refractivity contribution < 1.29 is 14.3 Å². The predicted octanol–water partition coefficient (Wildman–Crippen LogP) is 1.33. The Morgan fingerprint density at radius 2 is 2.27 bits per heavy atom. The molecule has 0 atom stereocenters. The Kier molecular flexibility index (Phi) is 2.13. The SMILES string of the molecule is O=C(O)c1c[nH]c(=O)c(-c2ccco2)c1. The molecule has 0 aromatic carbocycles. The summed E-state index contributed by atoms with van der Waals surface area (Å²) in [6.07, 6.45) is 2.57. The highest BCUT2D eigenvalue weighted by Gasteiger charge is 2.10. The van der Waals surface area contributed by atoms with Crippen LogP contribution in [0.1, 0.15) is 10.4 Å². The summed E-state index contributed by atoms with van der Waals surface area (Å²) in [6, 6.07) is 4.50. The summed E-state index contributed by atoms with van der Waals surface area (Å²) in [4.78, 5) is 24.4. The third-order valence-corrected chi connectivity index (χ3v) is 1.94. The highest BCUT2D eigenvalue weighted by Crippen LogP contribution is 2.16. The molecular formula is C10H7NO4. The molecular weight excluding hydrogens is 198 g/mol. The minimum absolute atomic E-state index is 0.0148. The fourth-order valence-electron chi connectivity index (χ4n) is 1.22. The van der Waals surface area contributed by atoms with Gasteiger partial charge in [-0.2, -0.15) is 0 Å². The molecule has 0 aliphatic heterocycles. The Morgan fingerprint density at radius 1 is 1.47 bits per heavy atom. The van der Waals surface area contributed by atoms with Gasteiger partial charge >= 0.3 is 5.97 Å². The second-order valence-corrected chi connectivity index (χ2v) is 2.91. The molecule has 5 heteroatoms. The van der Waals surface area contributed by atoms with Crippen LogP contribution in [0.25, 0.3) is 11.3 Å². The maximum Gasteiger partial charge on any atom is 0.337 e. The zero-order valence-corrected chi connectivity index (χ0v) is 7.56. The van der Waals surface area contributed by atoms with Crippen molar-refractivity contribution >= 4 is 5.97 Å². The molecule has 0 bridgehead atoms. The van der Waals surface area contributed by atoms with Crippen LogP contribution in [-0.2, 0) is 0 Å². The molecule has 0 aliphatic rings. The zero-order valence-electron chi connectivity index (χ0n) is 7.56. The number of H-pyrrole nitrogens is 1. The molecule has 2 heterocycles. The fourth-order valence-corrected chi connectivity index (χ4v) is 1.22. The van der Waals surface area contributed by atoms with Gasteiger partial charge in [-0.1, -0.05) is 0 Å². The summed E-state index contributed by atoms with van der Waals surface area (Å²) >= 11 is 0. The Hall–Kier alpha value is -2.30. The van der Waals surface area contributed by atoms with Crippen LogP contribution < -0.4 is 5.56 Å². The lowest BCUT2D eigenvalue weighted by Gasteiger charge is -1.97. The lowest BCUT2D eigenvalue weighted by Crippen LogP contribution is -2.10. The molecule has 0 spiro atoms. The van der Waals surface area contributed by atoms with Crippen molar-refractivity contribution in [2.75, 3.05) is 0 Å². The molecule has 2 aromatic rings. The first-order valence-electron chi connectivity index (χ1n) is 4.18. The van der Waals surface area contributed by atoms with E-state index in [0.29, 0.717) is 5.76 Å². The van der Waals surface area contributed by atoms with Crippen LogP contribution in [0.4, 0.5) is 0 Å². The molecule has 5 nitrogen and oxygen atoms in total. The summed E-state index contributed by atoms with van der Waals surface area (Å²) in [7, 11) is 0. The second kappa shape index (κ2) is 3.45. The van der Waals surface area contributed by atoms with E-state index < -0.39 is 5.97 Å². The van der Waals surface area contributed by atoms with Gasteiger partial charge in [-0.15, -0.1) is 0 Å². The van der Waals surface area contributed by atoms with E-state index in [1.807, 2.05) is 0 Å². The van der Waals surface area contributed by atoms with Crippen molar-refractivity contribution in [3.63, 3.8) is 0 Å². The minimum atomic E-state index is -1.10. The normalized spacial score (nSPS) is 10.1. The Balaban J connectivity index is 2.61. The molecule has 15 heavy (non-hydrogen) atoms. The van der Waals surface area contributed by atoms with E-state index >= 15 is 0 Å². The number of furan rings is 1. The first-order valence-corrected chi connectivity index (χ1v) is 4.18. The molecule has 2 aromatic heterocycles. The lowest BCUT2D eigenvalue weighted by molar-refractivity contribution is 0.0696. The van der Waals surface area contributed by atoms with Crippen LogP contribution in [0.5, 0.6) is 0 Å². The zero-order chi connectivity index (χ0) is 10.8. The Morgan fingerprint density at radius 3 is 2.87 bits per heavy atom. The van der Waals surface area contributed by atoms with E-state index in [4.69, 9.17) is 9.52 Å². The first-order chi connectivity index (χ1) is 7.18. The van der Waals surface area contributed by atoms with E-state index in [1.54, 1.807) is 12.1 Å². The molecule has 0 saturated heterocycles. The number of pyridine rings is 1. The number of carboxylic acids is 1. The number of rotatable bonds is 2. The maximum absolute atomic E-state index is 11.4. The van der Waals surface area contributed by atoms with E-state index in [9.17, 15) is 9.59 Å². The van der Waals surface area contributed by atoms with Gasteiger partial charge in [-0.05, 0) is 18.2 Å². The van der Waals surface area contributed by atoms with E-state index in [0.717, 1.165) is 6.20 Å². The Bertz CT molecular complexity index is 539. The third kappa shape index (κ3) is 1.67. The number of aromatic carboxylic acids is 1. The third-order valence-electron chi connectivity index (χ3n) is 1.94. The predicted molar refractivity (Wildman–Crippen MR) is 51.7 cm³/mol. The van der Waals surface area contributed by atoms with Crippen molar-refractivity contribution in [1.82, 2.24) is 4.98 Å². The van der Waals surface area contributed by atoms with Crippen molar-refractivity contribution in [3.8, 4) is 11.3 Å². The van der Waals surface area contributed by atoms with Gasteiger partial charge in [-0.3, -0.25) is 4.79 Å². The van der Waals surface area contributed by atoms with Crippen LogP contribution in [0.3, 0.4) is 0 Å². The maximum atomic E-state index is 11.4. The fraction of sp³-hybridized carbons (Fsp3) is 0. The average Bonchev–Trinajstić information content (AvgIpc) is 2.71. The average molecular weight is 205 g/mol. The van der Waals surface area contributed by atoms with E-state index in [2.05, 4.69) is 4.98 Å². The summed E-state index contributed by atoms with van der Waals surface area (Å²) < 4.78 is 5.02. The topological polar surface area (TPSA) is 83.3 Å². The quantitative estimate of drug-likeness (QED) is 0.774. The number of aromatic nitrogens is 1. The molecule has 0 radical (unpaired) electrons. The molecule has 0 amide bonds. The standard InChI is InChI=1S/C10H7NO4/c12-9-7(8-2-1-3-15-8)4-6(5-11-9)10(13)14/h1-5H,(H,11,12)(H,13,14). The first kappa shape index (κ1) is 9.26. The van der Waals surface area contributed by atoms with E-state index in [-0.39, 0.29) is 16.7 Å². The Labute approximate surface area is 84.0 Å². The molecule has 0 aliphatic carbocycles. The number of nitrogens with one attached hydrogen (secondary N) is 1. The highest BCUT2D eigenvalue weighted by molar-refractivity contribution is 5.88. The van der Waals surface area contributed by atoms with Gasteiger partial charge in [0, 0.05) is 6.20 Å². The molecule has 0 saturated carbocycles. The van der Waals surface area contributed by atoms with Gasteiger partial charge in [0.2, 0.25) is 0 Å². The van der Waals surface area contributed by atoms with Crippen LogP contribution in [0.15, 0.2) is 39.9 Å². The van der Waals surface area contributed by atoms with Crippen molar-refractivity contribution in [2.24, 2.45) is 0 Å². The summed E-state index contributed by atoms with van der Waals surface area (Å²) in [5.41, 5.74) is -0.157. The number of carboxylic acid groups (broad SMARTS) is 1. The van der Waals surface area contributed by atoms with Crippen LogP contribution >= 0.6 is 0 Å². The number of hydrogen-bond acceptors (Lipinski definition) is 3. The number of carbonyl (C=O) groups is 1. The van der Waals surface area contributed by atoms with Crippen molar-refractivity contribution in [2.45, 2.75) is 0 Å². The number of hydrogen-bond donors (Lipinski definition) is 2. The molecule has 2 rings (SSSR count). The largest absolute Gasteiger partial charge is 0.478 e. The second-order valence-electron chi connectivity index (χ2n) is 2.91. The van der Waals surface area contributed by atoms with Gasteiger partial charge in [0.05, 0.1) is 17.4 Å². The van der Waals surface area contributed by atoms with Crippen LogP contribution in [0, 0.1) is 0 Å². The molecule has 0 unspecified atom stereocenters. The van der Waals surface area contributed by atoms with Crippen molar-refractivity contribution in [3.05, 3.63) is 46.6 Å². The minimum Gasteiger partial charge on any atom is -0.478 e. The van der Waals surface area contributed by atoms with Gasteiger partial charge in [0.15, 0.2) is 0 Å². The summed E-state index contributed by atoms with van der Waals surface area (Å²) in [6.45, 7) is 0. The smallest absolute Gasteiger partial charge is 0.337 e. The molecule has 0 fully saturated rings. The van der Waals surface area contributed by atoms with Gasteiger partial charge in [0.25, 0.3) is 5.56 Å². The lowest BCUT2D eigenvalue weighted by atomic mass is 10.1. The summed E-state index contributed by atoms with van der Waals surface area (Å²) in [5.74, 6) is -0.751. The molecule has 2 N–H and O–H groups in total. The van der Waals surface area contributed by atoms with Gasteiger partial charge < -0.3 is 14.5 Å². The van der Waals surface area contributed by atoms with Gasteiger partial charge in [0.1, 0.15) is 5.76 Å². The summed E-state index contributed by atoms with van der Waals surface area (Å²) in [5, 5.41) is 8.75. The molecule has 76 valence electrons. The van der Waals surface area contributed by atoms with Crippen LogP contribution in [0.2, 0.25) is 0 Å².